The molecule has 0 bridgehead atoms. The minimum absolute atomic E-state index is 0.137. The Labute approximate surface area is 110 Å². The molecule has 1 N–H and O–H groups in total. The van der Waals surface area contributed by atoms with Gasteiger partial charge in [0.2, 0.25) is 0 Å². The summed E-state index contributed by atoms with van der Waals surface area (Å²) in [6.07, 6.45) is 5.21. The van der Waals surface area contributed by atoms with Crippen LogP contribution >= 0.6 is 0 Å². The van der Waals surface area contributed by atoms with Crippen LogP contribution in [0.15, 0.2) is 12.5 Å². The van der Waals surface area contributed by atoms with Crippen molar-refractivity contribution in [1.29, 1.82) is 0 Å². The third kappa shape index (κ3) is 2.45. The van der Waals surface area contributed by atoms with E-state index in [0.29, 0.717) is 0 Å². The maximum absolute atomic E-state index is 4.37. The van der Waals surface area contributed by atoms with Crippen LogP contribution in [0.5, 0.6) is 0 Å². The number of hydrogen-bond acceptors (Lipinski definition) is 3. The highest BCUT2D eigenvalue weighted by Gasteiger charge is 2.34. The second kappa shape index (κ2) is 4.67. The third-order valence-corrected chi connectivity index (χ3v) is 4.47. The Hall–Kier alpha value is -0.870. The van der Waals surface area contributed by atoms with Crippen LogP contribution in [-0.4, -0.2) is 47.2 Å². The van der Waals surface area contributed by atoms with Gasteiger partial charge < -0.3 is 14.8 Å². The van der Waals surface area contributed by atoms with Gasteiger partial charge in [-0.05, 0) is 40.9 Å². The highest BCUT2D eigenvalue weighted by Crippen LogP contribution is 2.30. The van der Waals surface area contributed by atoms with E-state index >= 15 is 0 Å². The third-order valence-electron chi connectivity index (χ3n) is 4.47. The summed E-state index contributed by atoms with van der Waals surface area (Å²) in [4.78, 5) is 6.64. The lowest BCUT2D eigenvalue weighted by Gasteiger charge is -2.35. The number of nitrogens with zero attached hydrogens (tertiary/aromatic N) is 3. The molecule has 2 heterocycles. The van der Waals surface area contributed by atoms with Gasteiger partial charge in [-0.25, -0.2) is 4.98 Å². The van der Waals surface area contributed by atoms with Gasteiger partial charge in [0, 0.05) is 35.9 Å². The fourth-order valence-electron chi connectivity index (χ4n) is 2.54. The predicted molar refractivity (Wildman–Crippen MR) is 74.8 cm³/mol. The number of aromatic nitrogens is 2. The lowest BCUT2D eigenvalue weighted by Crippen LogP contribution is -2.43. The van der Waals surface area contributed by atoms with Crippen molar-refractivity contribution in [3.63, 3.8) is 0 Å². The van der Waals surface area contributed by atoms with E-state index in [9.17, 15) is 0 Å². The van der Waals surface area contributed by atoms with E-state index in [4.69, 9.17) is 0 Å². The van der Waals surface area contributed by atoms with Crippen LogP contribution in [0.4, 0.5) is 0 Å². The molecule has 1 unspecified atom stereocenters. The van der Waals surface area contributed by atoms with Crippen molar-refractivity contribution < 1.29 is 0 Å². The molecule has 0 saturated carbocycles. The highest BCUT2D eigenvalue weighted by molar-refractivity contribution is 5.17. The van der Waals surface area contributed by atoms with Crippen LogP contribution in [0.25, 0.3) is 0 Å². The molecule has 1 fully saturated rings. The lowest BCUT2D eigenvalue weighted by molar-refractivity contribution is 0.166. The molecule has 0 aromatic carbocycles. The molecule has 2 rings (SSSR count). The molecule has 0 radical (unpaired) electrons. The largest absolute Gasteiger partial charge is 0.332 e. The molecular formula is C14H26N4. The van der Waals surface area contributed by atoms with E-state index in [1.54, 1.807) is 0 Å². The average Bonchev–Trinajstić information content (AvgIpc) is 2.87. The summed E-state index contributed by atoms with van der Waals surface area (Å²) < 4.78 is 2.33. The Kier molecular flexibility index (Phi) is 3.52. The molecule has 0 amide bonds. The summed E-state index contributed by atoms with van der Waals surface area (Å²) in [6, 6.07) is 0. The monoisotopic (exact) mass is 250 g/mol. The maximum atomic E-state index is 4.37. The number of hydrogen-bond donors (Lipinski definition) is 1. The van der Waals surface area contributed by atoms with E-state index in [1.807, 2.05) is 12.5 Å². The first kappa shape index (κ1) is 13.6. The Balaban J connectivity index is 2.23. The molecular weight excluding hydrogens is 224 g/mol. The van der Waals surface area contributed by atoms with Gasteiger partial charge in [0.15, 0.2) is 0 Å². The minimum Gasteiger partial charge on any atom is -0.332 e. The molecule has 4 heteroatoms. The van der Waals surface area contributed by atoms with Crippen LogP contribution in [0.2, 0.25) is 0 Å². The summed E-state index contributed by atoms with van der Waals surface area (Å²) in [5, 5.41) is 3.46. The molecule has 1 saturated heterocycles. The zero-order valence-electron chi connectivity index (χ0n) is 12.3. The first-order valence-corrected chi connectivity index (χ1v) is 6.74. The summed E-state index contributed by atoms with van der Waals surface area (Å²) >= 11 is 0. The van der Waals surface area contributed by atoms with Gasteiger partial charge in [0.25, 0.3) is 0 Å². The van der Waals surface area contributed by atoms with E-state index in [-0.39, 0.29) is 11.0 Å². The van der Waals surface area contributed by atoms with Crippen LogP contribution < -0.4 is 5.32 Å². The summed E-state index contributed by atoms with van der Waals surface area (Å²) in [7, 11) is 4.27. The number of imidazole rings is 1. The second-order valence-electron chi connectivity index (χ2n) is 6.60. The summed E-state index contributed by atoms with van der Waals surface area (Å²) in [5.41, 5.74) is 1.74. The zero-order chi connectivity index (χ0) is 13.4. The molecule has 18 heavy (non-hydrogen) atoms. The Morgan fingerprint density at radius 3 is 2.78 bits per heavy atom. The minimum atomic E-state index is 0.137. The fourth-order valence-corrected chi connectivity index (χ4v) is 2.54. The molecule has 1 aliphatic heterocycles. The molecule has 1 atom stereocenters. The number of nitrogens with one attached hydrogen (secondary N) is 1. The van der Waals surface area contributed by atoms with Crippen LogP contribution in [0.3, 0.4) is 0 Å². The van der Waals surface area contributed by atoms with Gasteiger partial charge in [-0.15, -0.1) is 0 Å². The van der Waals surface area contributed by atoms with Crippen molar-refractivity contribution >= 4 is 0 Å². The van der Waals surface area contributed by atoms with E-state index in [2.05, 4.69) is 54.6 Å². The van der Waals surface area contributed by atoms with Crippen LogP contribution in [0.1, 0.15) is 32.9 Å². The van der Waals surface area contributed by atoms with E-state index in [1.165, 1.54) is 12.1 Å². The van der Waals surface area contributed by atoms with Crippen molar-refractivity contribution in [2.45, 2.75) is 44.7 Å². The standard InChI is InChI=1S/C14H26N4/c1-13(2,17(4)5)10-18-11-16-8-12(18)14(3)6-7-15-9-14/h8,11,15H,6-7,9-10H2,1-5H3. The Morgan fingerprint density at radius 2 is 2.22 bits per heavy atom. The van der Waals surface area contributed by atoms with Gasteiger partial charge in [-0.2, -0.15) is 0 Å². The van der Waals surface area contributed by atoms with E-state index < -0.39 is 0 Å². The number of likely N-dealkylation sites (N-methyl/N-ethyl adjacent to an activating group) is 1. The smallest absolute Gasteiger partial charge is 0.0949 e. The summed E-state index contributed by atoms with van der Waals surface area (Å²) in [6.45, 7) is 10.0. The van der Waals surface area contributed by atoms with Crippen molar-refractivity contribution in [2.75, 3.05) is 27.2 Å². The van der Waals surface area contributed by atoms with Crippen molar-refractivity contribution in [3.8, 4) is 0 Å². The van der Waals surface area contributed by atoms with Gasteiger partial charge in [0.1, 0.15) is 0 Å². The fraction of sp³-hybridized carbons (Fsp3) is 0.786. The lowest BCUT2D eigenvalue weighted by atomic mass is 9.86. The topological polar surface area (TPSA) is 33.1 Å². The summed E-state index contributed by atoms with van der Waals surface area (Å²) in [5.74, 6) is 0. The maximum Gasteiger partial charge on any atom is 0.0949 e. The first-order chi connectivity index (χ1) is 8.35. The Morgan fingerprint density at radius 1 is 1.50 bits per heavy atom. The van der Waals surface area contributed by atoms with Crippen molar-refractivity contribution in [1.82, 2.24) is 19.8 Å². The average molecular weight is 250 g/mol. The van der Waals surface area contributed by atoms with Crippen LogP contribution in [-0.2, 0) is 12.0 Å². The normalized spacial score (nSPS) is 25.0. The van der Waals surface area contributed by atoms with Gasteiger partial charge >= 0.3 is 0 Å². The van der Waals surface area contributed by atoms with E-state index in [0.717, 1.165) is 19.6 Å². The van der Waals surface area contributed by atoms with Gasteiger partial charge in [-0.1, -0.05) is 6.92 Å². The Bertz CT molecular complexity index is 400. The van der Waals surface area contributed by atoms with Crippen LogP contribution in [0, 0.1) is 0 Å². The molecule has 102 valence electrons. The molecule has 1 aromatic heterocycles. The second-order valence-corrected chi connectivity index (χ2v) is 6.60. The zero-order valence-corrected chi connectivity index (χ0v) is 12.3. The molecule has 4 nitrogen and oxygen atoms in total. The SMILES string of the molecule is CN(C)C(C)(C)Cn1cncc1C1(C)CCNC1. The molecule has 0 spiro atoms. The molecule has 0 aliphatic carbocycles. The number of rotatable bonds is 4. The first-order valence-electron chi connectivity index (χ1n) is 6.74. The molecule has 1 aliphatic rings. The van der Waals surface area contributed by atoms with Gasteiger partial charge in [0.05, 0.1) is 6.33 Å². The van der Waals surface area contributed by atoms with Crippen molar-refractivity contribution in [2.24, 2.45) is 0 Å². The highest BCUT2D eigenvalue weighted by atomic mass is 15.2. The predicted octanol–water partition coefficient (Wildman–Crippen LogP) is 1.47. The molecule has 1 aromatic rings. The van der Waals surface area contributed by atoms with Gasteiger partial charge in [-0.3, -0.25) is 0 Å². The van der Waals surface area contributed by atoms with Crippen molar-refractivity contribution in [3.05, 3.63) is 18.2 Å². The quantitative estimate of drug-likeness (QED) is 0.878.